The highest BCUT2D eigenvalue weighted by Gasteiger charge is 2.72. The molecule has 0 aromatic heterocycles. The molecule has 0 spiro atoms. The molecule has 43 heavy (non-hydrogen) atoms. The number of Topliss-reactive ketones (excluding diaryl/α,β-unsaturated/α-hetero) is 3. The normalized spacial score (nSPS) is 29.7. The SMILES string of the molecule is CC(=O)C1=C(O)[C@]2(O)C(=O)C3=C(O)c4c(O)c(CC(C=O)CC(C)C)cc(C(C)C)c4C[C@]3(C)C[C@]2(C)C(C(C)C)C1=O. The third-order valence-corrected chi connectivity index (χ3v) is 10.2. The number of phenolic OH excluding ortho intramolecular Hbond substituents is 1. The summed E-state index contributed by atoms with van der Waals surface area (Å²) in [6.07, 6.45) is 2.02. The molecule has 0 saturated heterocycles. The van der Waals surface area contributed by atoms with Gasteiger partial charge in [0, 0.05) is 28.2 Å². The lowest BCUT2D eigenvalue weighted by Crippen LogP contribution is -2.69. The molecule has 2 unspecified atom stereocenters. The van der Waals surface area contributed by atoms with E-state index in [1.165, 1.54) is 0 Å². The lowest BCUT2D eigenvalue weighted by Gasteiger charge is -2.60. The number of hydrogen-bond donors (Lipinski definition) is 4. The number of aliphatic hydroxyl groups excluding tert-OH is 2. The molecule has 0 amide bonds. The number of aromatic hydroxyl groups is 1. The Labute approximate surface area is 253 Å². The maximum Gasteiger partial charge on any atom is 0.203 e. The van der Waals surface area contributed by atoms with Gasteiger partial charge in [-0.05, 0) is 67.1 Å². The summed E-state index contributed by atoms with van der Waals surface area (Å²) >= 11 is 0. The van der Waals surface area contributed by atoms with Gasteiger partial charge in [0.2, 0.25) is 5.78 Å². The van der Waals surface area contributed by atoms with Crippen LogP contribution in [-0.2, 0) is 32.0 Å². The minimum atomic E-state index is -2.65. The van der Waals surface area contributed by atoms with Crippen LogP contribution in [0.3, 0.4) is 0 Å². The zero-order valence-corrected chi connectivity index (χ0v) is 26.8. The van der Waals surface area contributed by atoms with E-state index >= 15 is 0 Å². The first-order valence-electron chi connectivity index (χ1n) is 15.3. The van der Waals surface area contributed by atoms with E-state index in [2.05, 4.69) is 0 Å². The van der Waals surface area contributed by atoms with E-state index < -0.39 is 56.8 Å². The van der Waals surface area contributed by atoms with Crippen LogP contribution in [0.4, 0.5) is 0 Å². The molecule has 1 aromatic rings. The standard InChI is InChI=1S/C35H46O8/c1-16(2)10-20(14-36)11-21-12-22(17(3)4)23-13-33(8)15-34(9)26(18(5)6)29(39)24(19(7)37)31(41)35(34,43)32(42)27(33)30(40)25(23)28(21)38/h12,14,16-18,20,26,38,40-41,43H,10-11,13,15H2,1-9H3/t20?,26?,33-,34-,35+/m1/s1. The molecule has 3 aliphatic rings. The number of aldehydes is 1. The van der Waals surface area contributed by atoms with E-state index in [9.17, 15) is 39.6 Å². The maximum absolute atomic E-state index is 14.5. The summed E-state index contributed by atoms with van der Waals surface area (Å²) in [5.41, 5.74) is -3.86. The van der Waals surface area contributed by atoms with Gasteiger partial charge < -0.3 is 25.2 Å². The van der Waals surface area contributed by atoms with Gasteiger partial charge in [-0.25, -0.2) is 0 Å². The lowest BCUT2D eigenvalue weighted by atomic mass is 9.43. The highest BCUT2D eigenvalue weighted by molar-refractivity contribution is 6.24. The minimum absolute atomic E-state index is 0.0255. The van der Waals surface area contributed by atoms with Crippen molar-refractivity contribution in [3.8, 4) is 5.75 Å². The Bertz CT molecular complexity index is 1480. The van der Waals surface area contributed by atoms with Gasteiger partial charge in [0.1, 0.15) is 29.1 Å². The fourth-order valence-electron chi connectivity index (χ4n) is 8.62. The molecule has 234 valence electrons. The number of phenols is 1. The number of hydrogen-bond acceptors (Lipinski definition) is 8. The van der Waals surface area contributed by atoms with E-state index in [1.807, 2.05) is 33.8 Å². The minimum Gasteiger partial charge on any atom is -0.508 e. The van der Waals surface area contributed by atoms with Crippen molar-refractivity contribution in [1.82, 2.24) is 0 Å². The van der Waals surface area contributed by atoms with Gasteiger partial charge in [-0.15, -0.1) is 0 Å². The molecule has 0 heterocycles. The molecule has 0 bridgehead atoms. The second-order valence-corrected chi connectivity index (χ2v) is 14.7. The summed E-state index contributed by atoms with van der Waals surface area (Å²) in [7, 11) is 0. The molecule has 3 aliphatic carbocycles. The Kier molecular flexibility index (Phi) is 8.14. The molecule has 0 radical (unpaired) electrons. The Morgan fingerprint density at radius 1 is 1.07 bits per heavy atom. The van der Waals surface area contributed by atoms with Crippen molar-refractivity contribution in [2.24, 2.45) is 34.5 Å². The first kappa shape index (κ1) is 32.6. The smallest absolute Gasteiger partial charge is 0.203 e. The van der Waals surface area contributed by atoms with Crippen LogP contribution in [0.25, 0.3) is 5.76 Å². The van der Waals surface area contributed by atoms with E-state index in [4.69, 9.17) is 0 Å². The van der Waals surface area contributed by atoms with Gasteiger partial charge in [0.15, 0.2) is 17.2 Å². The Hall–Kier alpha value is -3.26. The number of rotatable bonds is 8. The second kappa shape index (κ2) is 10.7. The Morgan fingerprint density at radius 2 is 1.67 bits per heavy atom. The summed E-state index contributed by atoms with van der Waals surface area (Å²) < 4.78 is 0. The van der Waals surface area contributed by atoms with Gasteiger partial charge in [-0.2, -0.15) is 0 Å². The zero-order valence-electron chi connectivity index (χ0n) is 26.8. The molecule has 5 atom stereocenters. The average molecular weight is 595 g/mol. The van der Waals surface area contributed by atoms with Crippen molar-refractivity contribution < 1.29 is 39.6 Å². The van der Waals surface area contributed by atoms with Gasteiger partial charge in [0.25, 0.3) is 0 Å². The predicted molar refractivity (Wildman–Crippen MR) is 163 cm³/mol. The van der Waals surface area contributed by atoms with Crippen molar-refractivity contribution in [3.05, 3.63) is 45.2 Å². The first-order valence-corrected chi connectivity index (χ1v) is 15.3. The summed E-state index contributed by atoms with van der Waals surface area (Å²) in [6.45, 7) is 16.1. The molecule has 1 aromatic carbocycles. The number of aliphatic hydroxyl groups is 3. The fourth-order valence-corrected chi connectivity index (χ4v) is 8.62. The van der Waals surface area contributed by atoms with Gasteiger partial charge in [-0.3, -0.25) is 14.4 Å². The fraction of sp³-hybridized carbons (Fsp3) is 0.600. The van der Waals surface area contributed by atoms with Crippen LogP contribution in [0.2, 0.25) is 0 Å². The van der Waals surface area contributed by atoms with Gasteiger partial charge in [0.05, 0.1) is 5.56 Å². The summed E-state index contributed by atoms with van der Waals surface area (Å²) in [6, 6.07) is 1.88. The molecule has 4 rings (SSSR count). The monoisotopic (exact) mass is 594 g/mol. The van der Waals surface area contributed by atoms with Crippen LogP contribution in [0.5, 0.6) is 5.75 Å². The third-order valence-electron chi connectivity index (χ3n) is 10.2. The van der Waals surface area contributed by atoms with Crippen molar-refractivity contribution in [2.75, 3.05) is 0 Å². The van der Waals surface area contributed by atoms with Crippen molar-refractivity contribution in [1.29, 1.82) is 0 Å². The molecule has 0 aliphatic heterocycles. The highest BCUT2D eigenvalue weighted by atomic mass is 16.3. The molecule has 1 saturated carbocycles. The summed E-state index contributed by atoms with van der Waals surface area (Å²) in [5.74, 6) is -5.51. The summed E-state index contributed by atoms with van der Waals surface area (Å²) in [5, 5.41) is 47.1. The van der Waals surface area contributed by atoms with E-state index in [0.717, 1.165) is 18.8 Å². The lowest BCUT2D eigenvalue weighted by molar-refractivity contribution is -0.178. The van der Waals surface area contributed by atoms with Gasteiger partial charge >= 0.3 is 0 Å². The van der Waals surface area contributed by atoms with Crippen LogP contribution in [0.15, 0.2) is 23.0 Å². The largest absolute Gasteiger partial charge is 0.508 e. The average Bonchev–Trinajstić information content (AvgIpc) is 2.86. The topological polar surface area (TPSA) is 149 Å². The Balaban J connectivity index is 2.04. The third kappa shape index (κ3) is 4.59. The molecule has 8 nitrogen and oxygen atoms in total. The number of fused-ring (bicyclic) bond motifs is 3. The molecule has 4 N–H and O–H groups in total. The number of ketones is 3. The van der Waals surface area contributed by atoms with Crippen LogP contribution in [0, 0.1) is 34.5 Å². The summed E-state index contributed by atoms with van der Waals surface area (Å²) in [4.78, 5) is 52.7. The second-order valence-electron chi connectivity index (χ2n) is 14.7. The van der Waals surface area contributed by atoms with Gasteiger partial charge in [-0.1, -0.05) is 61.5 Å². The molecular weight excluding hydrogens is 548 g/mol. The number of benzene rings is 1. The number of allylic oxidation sites excluding steroid dienone is 1. The molecule has 1 fully saturated rings. The van der Waals surface area contributed by atoms with E-state index in [0.29, 0.717) is 17.5 Å². The van der Waals surface area contributed by atoms with E-state index in [1.54, 1.807) is 27.7 Å². The Morgan fingerprint density at radius 3 is 2.16 bits per heavy atom. The van der Waals surface area contributed by atoms with E-state index in [-0.39, 0.29) is 59.8 Å². The first-order chi connectivity index (χ1) is 19.8. The van der Waals surface area contributed by atoms with Crippen LogP contribution >= 0.6 is 0 Å². The van der Waals surface area contributed by atoms with Crippen LogP contribution in [-0.4, -0.2) is 49.7 Å². The van der Waals surface area contributed by atoms with Crippen molar-refractivity contribution in [2.45, 2.75) is 99.5 Å². The van der Waals surface area contributed by atoms with Crippen molar-refractivity contribution in [3.63, 3.8) is 0 Å². The van der Waals surface area contributed by atoms with Crippen LogP contribution < -0.4 is 0 Å². The molecule has 8 heteroatoms. The molecular formula is C35H46O8. The quantitative estimate of drug-likeness (QED) is 0.221. The van der Waals surface area contributed by atoms with Crippen LogP contribution in [0.1, 0.15) is 103 Å². The predicted octanol–water partition coefficient (Wildman–Crippen LogP) is 5.72. The number of carbonyl (C=O) groups is 4. The van der Waals surface area contributed by atoms with Crippen molar-refractivity contribution >= 4 is 29.4 Å². The maximum atomic E-state index is 14.5. The zero-order chi connectivity index (χ0) is 32.6. The highest BCUT2D eigenvalue weighted by Crippen LogP contribution is 2.65. The number of carbonyl (C=O) groups excluding carboxylic acids is 4.